The molecule has 1 atom stereocenters. The minimum absolute atomic E-state index is 0. The average molecular weight is 517 g/mol. The van der Waals surface area contributed by atoms with E-state index in [0.717, 1.165) is 19.4 Å². The Morgan fingerprint density at radius 1 is 1.20 bits per heavy atom. The molecule has 0 saturated carbocycles. The molecule has 2 aromatic rings. The number of amides is 1. The Balaban J connectivity index is 0.00000432. The summed E-state index contributed by atoms with van der Waals surface area (Å²) < 4.78 is 46.5. The Bertz CT molecular complexity index is 1110. The van der Waals surface area contributed by atoms with Gasteiger partial charge in [0.05, 0.1) is 24.8 Å². The second kappa shape index (κ2) is 12.2. The van der Waals surface area contributed by atoms with Gasteiger partial charge in [-0.3, -0.25) is 9.48 Å². The second-order valence-corrected chi connectivity index (χ2v) is 11.4. The van der Waals surface area contributed by atoms with Crippen LogP contribution in [0.2, 0.25) is 0 Å². The van der Waals surface area contributed by atoms with Crippen molar-refractivity contribution in [1.29, 1.82) is 0 Å². The summed E-state index contributed by atoms with van der Waals surface area (Å²) in [5.41, 5.74) is 2.04. The predicted molar refractivity (Wildman–Crippen MR) is 137 cm³/mol. The number of aryl methyl sites for hydroxylation is 1. The van der Waals surface area contributed by atoms with Gasteiger partial charge >= 0.3 is 10.2 Å². The fraction of sp³-hybridized carbons (Fsp3) is 0.583. The summed E-state index contributed by atoms with van der Waals surface area (Å²) in [6.07, 6.45) is 4.80. The summed E-state index contributed by atoms with van der Waals surface area (Å²) in [5.74, 6) is -1.04. The van der Waals surface area contributed by atoms with Gasteiger partial charge in [0.2, 0.25) is 5.91 Å². The molecule has 0 unspecified atom stereocenters. The van der Waals surface area contributed by atoms with E-state index in [1.165, 1.54) is 15.2 Å². The quantitative estimate of drug-likeness (QED) is 0.518. The first-order valence-corrected chi connectivity index (χ1v) is 13.2. The van der Waals surface area contributed by atoms with E-state index in [1.54, 1.807) is 25.4 Å². The number of aromatic nitrogens is 2. The van der Waals surface area contributed by atoms with Crippen molar-refractivity contribution in [3.8, 4) is 0 Å². The molecule has 1 radical (unpaired) electrons. The number of anilines is 1. The van der Waals surface area contributed by atoms with E-state index in [2.05, 4.69) is 14.7 Å². The Labute approximate surface area is 230 Å². The predicted octanol–water partition coefficient (Wildman–Crippen LogP) is 2.93. The summed E-state index contributed by atoms with van der Waals surface area (Å²) in [7, 11) is -0.494. The zero-order valence-corrected chi connectivity index (χ0v) is 24.7. The van der Waals surface area contributed by atoms with E-state index in [9.17, 15) is 17.6 Å². The number of nitrogens with zero attached hydrogens (tertiary/aromatic N) is 4. The SMILES string of the molecule is CC(C)c1cc(CC(=O)NS(=O)(=O)N(C[C@@H]2CCCN2C)c2cnn(C)c2)cc(C(C)C)c1F.[Na]. The molecule has 1 aliphatic heterocycles. The first-order chi connectivity index (χ1) is 15.9. The molecule has 1 saturated heterocycles. The van der Waals surface area contributed by atoms with E-state index in [0.29, 0.717) is 22.4 Å². The molecule has 2 heterocycles. The molecule has 11 heteroatoms. The van der Waals surface area contributed by atoms with Gasteiger partial charge < -0.3 is 4.90 Å². The molecule has 8 nitrogen and oxygen atoms in total. The van der Waals surface area contributed by atoms with Crippen LogP contribution in [0.1, 0.15) is 69.1 Å². The molecule has 0 spiro atoms. The number of rotatable bonds is 9. The van der Waals surface area contributed by atoms with Crippen LogP contribution in [0, 0.1) is 5.82 Å². The van der Waals surface area contributed by atoms with Gasteiger partial charge in [-0.2, -0.15) is 13.5 Å². The van der Waals surface area contributed by atoms with Crippen LogP contribution in [0.25, 0.3) is 0 Å². The van der Waals surface area contributed by atoms with Gasteiger partial charge in [0, 0.05) is 48.8 Å². The third kappa shape index (κ3) is 7.29. The summed E-state index contributed by atoms with van der Waals surface area (Å²) in [4.78, 5) is 15.0. The van der Waals surface area contributed by atoms with Crippen molar-refractivity contribution in [1.82, 2.24) is 19.4 Å². The first-order valence-electron chi connectivity index (χ1n) is 11.7. The first kappa shape index (κ1) is 29.8. The molecular formula is C24H36FN5NaO3S. The van der Waals surface area contributed by atoms with Crippen LogP contribution >= 0.6 is 0 Å². The monoisotopic (exact) mass is 516 g/mol. The van der Waals surface area contributed by atoms with Gasteiger partial charge in [0.15, 0.2) is 0 Å². The number of hydrogen-bond donors (Lipinski definition) is 1. The van der Waals surface area contributed by atoms with Gasteiger partial charge in [0.25, 0.3) is 0 Å². The Morgan fingerprint density at radius 2 is 1.80 bits per heavy atom. The molecule has 1 aliphatic rings. The van der Waals surface area contributed by atoms with Crippen LogP contribution in [0.4, 0.5) is 10.1 Å². The number of nitrogens with one attached hydrogen (secondary N) is 1. The van der Waals surface area contributed by atoms with Gasteiger partial charge in [-0.25, -0.2) is 13.4 Å². The molecule has 189 valence electrons. The molecule has 1 N–H and O–H groups in total. The molecule has 1 aromatic heterocycles. The van der Waals surface area contributed by atoms with Crippen LogP contribution in [-0.2, 0) is 28.5 Å². The van der Waals surface area contributed by atoms with Gasteiger partial charge in [-0.15, -0.1) is 0 Å². The molecule has 1 aromatic carbocycles. The van der Waals surface area contributed by atoms with Crippen LogP contribution in [0.5, 0.6) is 0 Å². The molecule has 1 fully saturated rings. The maximum Gasteiger partial charge on any atom is 0.326 e. The number of halogens is 1. The Kier molecular flexibility index (Phi) is 10.4. The summed E-state index contributed by atoms with van der Waals surface area (Å²) in [5, 5.41) is 4.10. The summed E-state index contributed by atoms with van der Waals surface area (Å²) in [6, 6.07) is 3.36. The third-order valence-corrected chi connectivity index (χ3v) is 7.78. The number of carbonyl (C=O) groups excluding carboxylic acids is 1. The van der Waals surface area contributed by atoms with Crippen molar-refractivity contribution >= 4 is 51.4 Å². The zero-order chi connectivity index (χ0) is 25.2. The fourth-order valence-electron chi connectivity index (χ4n) is 4.38. The van der Waals surface area contributed by atoms with E-state index in [4.69, 9.17) is 0 Å². The van der Waals surface area contributed by atoms with Crippen molar-refractivity contribution < 1.29 is 17.6 Å². The van der Waals surface area contributed by atoms with Crippen LogP contribution in [0.15, 0.2) is 24.5 Å². The fourth-order valence-corrected chi connectivity index (χ4v) is 5.59. The Morgan fingerprint density at radius 3 is 2.26 bits per heavy atom. The van der Waals surface area contributed by atoms with Crippen LogP contribution in [0.3, 0.4) is 0 Å². The third-order valence-electron chi connectivity index (χ3n) is 6.36. The topological polar surface area (TPSA) is 87.5 Å². The van der Waals surface area contributed by atoms with Crippen molar-refractivity contribution in [3.63, 3.8) is 0 Å². The maximum atomic E-state index is 14.9. The van der Waals surface area contributed by atoms with E-state index >= 15 is 0 Å². The van der Waals surface area contributed by atoms with Gasteiger partial charge in [-0.1, -0.05) is 39.8 Å². The van der Waals surface area contributed by atoms with Crippen molar-refractivity contribution in [2.75, 3.05) is 24.4 Å². The minimum Gasteiger partial charge on any atom is -0.302 e. The molecular weight excluding hydrogens is 480 g/mol. The number of likely N-dealkylation sites (N-methyl/N-ethyl adjacent to an activating group) is 1. The maximum absolute atomic E-state index is 14.9. The van der Waals surface area contributed by atoms with Crippen LogP contribution in [-0.4, -0.2) is 84.7 Å². The van der Waals surface area contributed by atoms with E-state index < -0.39 is 16.1 Å². The van der Waals surface area contributed by atoms with E-state index in [-0.39, 0.29) is 66.2 Å². The summed E-state index contributed by atoms with van der Waals surface area (Å²) >= 11 is 0. The molecule has 1 amide bonds. The molecule has 0 bridgehead atoms. The van der Waals surface area contributed by atoms with Crippen LogP contribution < -0.4 is 9.03 Å². The molecule has 0 aliphatic carbocycles. The number of carbonyl (C=O) groups is 1. The normalized spacial score (nSPS) is 16.5. The zero-order valence-electron chi connectivity index (χ0n) is 21.9. The standard InChI is InChI=1S/C24H36FN5O3S.Na/c1-16(2)21-10-18(11-22(17(3)4)24(21)25)12-23(31)27-34(32,33)30(20-13-26-29(6)14-20)15-19-8-7-9-28(19)5;/h10-11,13-14,16-17,19H,7-9,12,15H2,1-6H3,(H,27,31);/t19-;/m0./s1. The Hall–Kier alpha value is -1.46. The second-order valence-electron chi connectivity index (χ2n) is 9.78. The number of benzene rings is 1. The minimum atomic E-state index is -4.17. The van der Waals surface area contributed by atoms with Crippen molar-refractivity contribution in [3.05, 3.63) is 47.0 Å². The molecule has 3 rings (SSSR count). The van der Waals surface area contributed by atoms with E-state index in [1.807, 2.05) is 34.7 Å². The largest absolute Gasteiger partial charge is 0.326 e. The average Bonchev–Trinajstić information content (AvgIpc) is 3.33. The van der Waals surface area contributed by atoms with Gasteiger partial charge in [-0.05, 0) is 55.0 Å². The molecule has 35 heavy (non-hydrogen) atoms. The van der Waals surface area contributed by atoms with Gasteiger partial charge in [0.1, 0.15) is 5.82 Å². The van der Waals surface area contributed by atoms with Crippen molar-refractivity contribution in [2.45, 2.75) is 64.8 Å². The number of likely N-dealkylation sites (tertiary alicyclic amines) is 1. The smallest absolute Gasteiger partial charge is 0.302 e. The van der Waals surface area contributed by atoms with Crippen molar-refractivity contribution in [2.24, 2.45) is 7.05 Å². The summed E-state index contributed by atoms with van der Waals surface area (Å²) in [6.45, 7) is 8.69. The number of hydrogen-bond acceptors (Lipinski definition) is 5.